The first-order valence-electron chi connectivity index (χ1n) is 11.8. The number of carbonyl (C=O) groups is 1. The molecule has 174 valence electrons. The first-order chi connectivity index (χ1) is 15.3. The number of hydrogen-bond acceptors (Lipinski definition) is 6. The standard InChI is InChI=1S/C26H34O5S/c1-24-11-9-22(28)25(2,15-27)20(24)8-12-26(16-31-26)21(24)14-19(18-10-13-30-23(18)29)32-17-6-4-3-5-7-17/h3-7,10,19-22,27-28H,8-9,11-16H2,1-2H3/t19?,20?,21-,22?,24+,25+,26+/m1/s1. The van der Waals surface area contributed by atoms with E-state index in [0.717, 1.165) is 42.8 Å². The molecule has 2 aliphatic carbocycles. The average molecular weight is 459 g/mol. The van der Waals surface area contributed by atoms with Crippen molar-refractivity contribution in [1.29, 1.82) is 0 Å². The molecule has 32 heavy (non-hydrogen) atoms. The second kappa shape index (κ2) is 8.15. The molecule has 1 aromatic carbocycles. The lowest BCUT2D eigenvalue weighted by Gasteiger charge is -2.61. The van der Waals surface area contributed by atoms with E-state index in [1.165, 1.54) is 0 Å². The maximum Gasteiger partial charge on any atom is 0.335 e. The zero-order valence-corrected chi connectivity index (χ0v) is 19.8. The predicted molar refractivity (Wildman–Crippen MR) is 123 cm³/mol. The molecule has 5 nitrogen and oxygen atoms in total. The first kappa shape index (κ1) is 22.5. The second-order valence-corrected chi connectivity index (χ2v) is 11.9. The zero-order valence-electron chi connectivity index (χ0n) is 19.0. The van der Waals surface area contributed by atoms with Crippen LogP contribution in [0.2, 0.25) is 0 Å². The highest BCUT2D eigenvalue weighted by atomic mass is 32.2. The SMILES string of the molecule is C[C@@]1(CO)C(O)CC[C@@]2(C)C1CC[C@]1(CO1)[C@@H]2CC(Sc1ccccc1)C1=CCOC1=O. The molecule has 3 fully saturated rings. The second-order valence-electron chi connectivity index (χ2n) is 10.6. The number of esters is 1. The fraction of sp³-hybridized carbons (Fsp3) is 0.654. The number of rotatable bonds is 6. The Morgan fingerprint density at radius 3 is 2.56 bits per heavy atom. The van der Waals surface area contributed by atoms with E-state index in [1.807, 2.05) is 24.3 Å². The van der Waals surface area contributed by atoms with Gasteiger partial charge in [0.25, 0.3) is 0 Å². The van der Waals surface area contributed by atoms with Crippen molar-refractivity contribution >= 4 is 17.7 Å². The molecule has 7 atom stereocenters. The largest absolute Gasteiger partial charge is 0.458 e. The molecular formula is C26H34O5S. The lowest BCUT2D eigenvalue weighted by Crippen LogP contribution is -2.60. The lowest BCUT2D eigenvalue weighted by molar-refractivity contribution is -0.176. The van der Waals surface area contributed by atoms with Gasteiger partial charge in [0.05, 0.1) is 24.9 Å². The molecule has 5 rings (SSSR count). The normalized spacial score (nSPS) is 41.7. The number of cyclic esters (lactones) is 1. The van der Waals surface area contributed by atoms with E-state index in [-0.39, 0.29) is 40.7 Å². The number of aliphatic hydroxyl groups is 2. The van der Waals surface area contributed by atoms with Crippen molar-refractivity contribution in [2.24, 2.45) is 22.7 Å². The van der Waals surface area contributed by atoms with Gasteiger partial charge in [0, 0.05) is 21.1 Å². The smallest absolute Gasteiger partial charge is 0.335 e. The Kier molecular flexibility index (Phi) is 5.72. The van der Waals surface area contributed by atoms with E-state index in [9.17, 15) is 15.0 Å². The molecule has 1 saturated heterocycles. The molecule has 3 unspecified atom stereocenters. The Hall–Kier alpha value is -1.34. The highest BCUT2D eigenvalue weighted by Gasteiger charge is 2.67. The van der Waals surface area contributed by atoms with Crippen LogP contribution in [0.5, 0.6) is 0 Å². The molecule has 2 heterocycles. The van der Waals surface area contributed by atoms with Gasteiger partial charge < -0.3 is 19.7 Å². The van der Waals surface area contributed by atoms with Crippen molar-refractivity contribution in [3.05, 3.63) is 42.0 Å². The highest BCUT2D eigenvalue weighted by molar-refractivity contribution is 8.00. The summed E-state index contributed by atoms with van der Waals surface area (Å²) < 4.78 is 11.5. The van der Waals surface area contributed by atoms with E-state index in [0.29, 0.717) is 13.0 Å². The Balaban J connectivity index is 1.49. The van der Waals surface area contributed by atoms with Crippen LogP contribution in [0.15, 0.2) is 46.9 Å². The number of fused-ring (bicyclic) bond motifs is 1. The predicted octanol–water partition coefficient (Wildman–Crippen LogP) is 3.98. The monoisotopic (exact) mass is 458 g/mol. The molecule has 1 spiro atoms. The van der Waals surface area contributed by atoms with Gasteiger partial charge in [-0.05, 0) is 67.6 Å². The van der Waals surface area contributed by atoms with E-state index in [2.05, 4.69) is 26.0 Å². The minimum atomic E-state index is -0.505. The summed E-state index contributed by atoms with van der Waals surface area (Å²) in [7, 11) is 0. The molecular weight excluding hydrogens is 424 g/mol. The lowest BCUT2D eigenvalue weighted by atomic mass is 9.44. The summed E-state index contributed by atoms with van der Waals surface area (Å²) in [4.78, 5) is 13.7. The van der Waals surface area contributed by atoms with Gasteiger partial charge in [-0.3, -0.25) is 0 Å². The van der Waals surface area contributed by atoms with Crippen LogP contribution in [0.1, 0.15) is 46.0 Å². The van der Waals surface area contributed by atoms with Gasteiger partial charge in [-0.2, -0.15) is 0 Å². The van der Waals surface area contributed by atoms with Crippen LogP contribution in [-0.4, -0.2) is 53.0 Å². The number of epoxide rings is 1. The fourth-order valence-corrected chi connectivity index (χ4v) is 8.32. The van der Waals surface area contributed by atoms with Crippen LogP contribution >= 0.6 is 11.8 Å². The Bertz CT molecular complexity index is 897. The molecule has 0 radical (unpaired) electrons. The number of ether oxygens (including phenoxy) is 2. The van der Waals surface area contributed by atoms with Crippen LogP contribution in [0.3, 0.4) is 0 Å². The molecule has 6 heteroatoms. The van der Waals surface area contributed by atoms with Crippen molar-refractivity contribution in [3.63, 3.8) is 0 Å². The van der Waals surface area contributed by atoms with Crippen molar-refractivity contribution in [1.82, 2.24) is 0 Å². The topological polar surface area (TPSA) is 79.3 Å². The zero-order chi connectivity index (χ0) is 22.6. The minimum absolute atomic E-state index is 0.00528. The number of carbonyl (C=O) groups excluding carboxylic acids is 1. The average Bonchev–Trinajstić information content (AvgIpc) is 3.44. The van der Waals surface area contributed by atoms with E-state index in [1.54, 1.807) is 11.8 Å². The molecule has 4 aliphatic rings. The van der Waals surface area contributed by atoms with E-state index in [4.69, 9.17) is 9.47 Å². The van der Waals surface area contributed by atoms with E-state index < -0.39 is 11.5 Å². The van der Waals surface area contributed by atoms with Crippen LogP contribution < -0.4 is 0 Å². The molecule has 2 aliphatic heterocycles. The minimum Gasteiger partial charge on any atom is -0.458 e. The van der Waals surface area contributed by atoms with Gasteiger partial charge in [0.2, 0.25) is 0 Å². The summed E-state index contributed by atoms with van der Waals surface area (Å²) >= 11 is 1.73. The van der Waals surface area contributed by atoms with Gasteiger partial charge in [0.15, 0.2) is 0 Å². The summed E-state index contributed by atoms with van der Waals surface area (Å²) in [5, 5.41) is 21.1. The Morgan fingerprint density at radius 1 is 1.19 bits per heavy atom. The third-order valence-corrected chi connectivity index (χ3v) is 10.3. The van der Waals surface area contributed by atoms with Gasteiger partial charge in [-0.25, -0.2) is 4.79 Å². The maximum absolute atomic E-state index is 12.6. The third-order valence-electron chi connectivity index (χ3n) is 9.02. The molecule has 0 aromatic heterocycles. The number of benzene rings is 1. The Morgan fingerprint density at radius 2 is 1.94 bits per heavy atom. The number of hydrogen-bond donors (Lipinski definition) is 2. The maximum atomic E-state index is 12.6. The van der Waals surface area contributed by atoms with Crippen LogP contribution in [0.25, 0.3) is 0 Å². The summed E-state index contributed by atoms with van der Waals surface area (Å²) in [5.41, 5.74) is 0.0585. The van der Waals surface area contributed by atoms with E-state index >= 15 is 0 Å². The highest BCUT2D eigenvalue weighted by Crippen LogP contribution is 2.66. The van der Waals surface area contributed by atoms with Gasteiger partial charge in [-0.1, -0.05) is 32.0 Å². The van der Waals surface area contributed by atoms with Crippen molar-refractivity contribution < 1.29 is 24.5 Å². The van der Waals surface area contributed by atoms with Crippen LogP contribution in [0.4, 0.5) is 0 Å². The molecule has 2 saturated carbocycles. The molecule has 1 aromatic rings. The molecule has 2 N–H and O–H groups in total. The molecule has 0 amide bonds. The third kappa shape index (κ3) is 3.54. The number of aliphatic hydroxyl groups excluding tert-OH is 2. The summed E-state index contributed by atoms with van der Waals surface area (Å²) in [6, 6.07) is 10.2. The summed E-state index contributed by atoms with van der Waals surface area (Å²) in [6.45, 7) is 5.51. The summed E-state index contributed by atoms with van der Waals surface area (Å²) in [5.74, 6) is 0.263. The van der Waals surface area contributed by atoms with Crippen molar-refractivity contribution in [2.75, 3.05) is 19.8 Å². The quantitative estimate of drug-likeness (QED) is 0.381. The van der Waals surface area contributed by atoms with Gasteiger partial charge in [0.1, 0.15) is 6.61 Å². The van der Waals surface area contributed by atoms with Gasteiger partial charge in [-0.15, -0.1) is 11.8 Å². The summed E-state index contributed by atoms with van der Waals surface area (Å²) in [6.07, 6.45) is 5.80. The van der Waals surface area contributed by atoms with Crippen molar-refractivity contribution in [3.8, 4) is 0 Å². The fourth-order valence-electron chi connectivity index (χ4n) is 7.07. The van der Waals surface area contributed by atoms with Crippen LogP contribution in [0, 0.1) is 22.7 Å². The van der Waals surface area contributed by atoms with Crippen LogP contribution in [-0.2, 0) is 14.3 Å². The molecule has 0 bridgehead atoms. The van der Waals surface area contributed by atoms with Gasteiger partial charge >= 0.3 is 5.97 Å². The van der Waals surface area contributed by atoms with Crippen molar-refractivity contribution in [2.45, 2.75) is 67.8 Å². The first-order valence-corrected chi connectivity index (χ1v) is 12.7. The Labute approximate surface area is 194 Å². The number of thioether (sulfide) groups is 1.